The van der Waals surface area contributed by atoms with Crippen molar-refractivity contribution in [1.82, 2.24) is 10.2 Å². The number of carbonyl (C=O) groups is 1. The van der Waals surface area contributed by atoms with E-state index >= 15 is 0 Å². The molecule has 8 nitrogen and oxygen atoms in total. The monoisotopic (exact) mass is 409 g/mol. The van der Waals surface area contributed by atoms with E-state index in [1.54, 1.807) is 50.6 Å². The second kappa shape index (κ2) is 7.72. The number of para-hydroxylation sites is 1. The molecule has 0 unspecified atom stereocenters. The van der Waals surface area contributed by atoms with Crippen molar-refractivity contribution in [2.24, 2.45) is 0 Å². The van der Waals surface area contributed by atoms with Gasteiger partial charge in [0.25, 0.3) is 5.91 Å². The molecular formula is C20H15N3O5S. The van der Waals surface area contributed by atoms with E-state index in [4.69, 9.17) is 13.9 Å². The molecule has 4 aromatic rings. The van der Waals surface area contributed by atoms with Crippen LogP contribution in [-0.4, -0.2) is 30.3 Å². The summed E-state index contributed by atoms with van der Waals surface area (Å²) >= 11 is 1.17. The number of aromatic nitrogens is 2. The van der Waals surface area contributed by atoms with Crippen molar-refractivity contribution >= 4 is 33.3 Å². The van der Waals surface area contributed by atoms with Crippen LogP contribution in [0.3, 0.4) is 0 Å². The third-order valence-electron chi connectivity index (χ3n) is 4.16. The Morgan fingerprint density at radius 2 is 1.83 bits per heavy atom. The lowest BCUT2D eigenvalue weighted by molar-refractivity contribution is 0.102. The lowest BCUT2D eigenvalue weighted by Gasteiger charge is -2.07. The van der Waals surface area contributed by atoms with Gasteiger partial charge in [-0.05, 0) is 30.3 Å². The van der Waals surface area contributed by atoms with Gasteiger partial charge in [-0.15, -0.1) is 10.2 Å². The van der Waals surface area contributed by atoms with Gasteiger partial charge in [0.05, 0.1) is 14.2 Å². The lowest BCUT2D eigenvalue weighted by Crippen LogP contribution is -2.20. The van der Waals surface area contributed by atoms with Crippen LogP contribution < -0.4 is 20.4 Å². The summed E-state index contributed by atoms with van der Waals surface area (Å²) in [5.41, 5.74) is 0.351. The maximum absolute atomic E-state index is 12.5. The number of fused-ring (bicyclic) bond motifs is 1. The van der Waals surface area contributed by atoms with Crippen LogP contribution in [0.25, 0.3) is 21.5 Å². The largest absolute Gasteiger partial charge is 0.493 e. The number of amides is 1. The van der Waals surface area contributed by atoms with Gasteiger partial charge in [0, 0.05) is 10.9 Å². The first-order valence-corrected chi connectivity index (χ1v) is 9.31. The number of hydrogen-bond donors (Lipinski definition) is 1. The normalized spacial score (nSPS) is 10.7. The minimum absolute atomic E-state index is 0.105. The van der Waals surface area contributed by atoms with Crippen molar-refractivity contribution < 1.29 is 18.7 Å². The Morgan fingerprint density at radius 1 is 1.03 bits per heavy atom. The predicted molar refractivity (Wildman–Crippen MR) is 109 cm³/mol. The fraction of sp³-hybridized carbons (Fsp3) is 0.100. The Bertz CT molecular complexity index is 1260. The van der Waals surface area contributed by atoms with Gasteiger partial charge in [-0.2, -0.15) is 0 Å². The summed E-state index contributed by atoms with van der Waals surface area (Å²) < 4.78 is 15.7. The maximum atomic E-state index is 12.5. The molecule has 0 bridgehead atoms. The molecule has 0 aliphatic heterocycles. The summed E-state index contributed by atoms with van der Waals surface area (Å²) in [6.45, 7) is 0. The van der Waals surface area contributed by atoms with Crippen LogP contribution in [0.4, 0.5) is 5.13 Å². The van der Waals surface area contributed by atoms with Gasteiger partial charge in [0.15, 0.2) is 11.5 Å². The van der Waals surface area contributed by atoms with Gasteiger partial charge in [0.1, 0.15) is 16.2 Å². The molecule has 1 N–H and O–H groups in total. The zero-order valence-corrected chi connectivity index (χ0v) is 16.3. The second-order valence-electron chi connectivity index (χ2n) is 5.92. The molecule has 146 valence electrons. The first-order valence-electron chi connectivity index (χ1n) is 8.49. The average molecular weight is 409 g/mol. The SMILES string of the molecule is COc1ccc(-c2nnc(NC(=O)c3cc4ccccc4oc3=O)s2)cc1OC. The van der Waals surface area contributed by atoms with Crippen LogP contribution in [0.1, 0.15) is 10.4 Å². The van der Waals surface area contributed by atoms with E-state index in [0.717, 1.165) is 5.56 Å². The summed E-state index contributed by atoms with van der Waals surface area (Å²) in [5, 5.41) is 12.2. The van der Waals surface area contributed by atoms with E-state index in [-0.39, 0.29) is 10.7 Å². The highest BCUT2D eigenvalue weighted by molar-refractivity contribution is 7.18. The van der Waals surface area contributed by atoms with Crippen LogP contribution in [0, 0.1) is 0 Å². The molecule has 0 radical (unpaired) electrons. The molecule has 2 aromatic heterocycles. The predicted octanol–water partition coefficient (Wildman–Crippen LogP) is 3.58. The minimum Gasteiger partial charge on any atom is -0.493 e. The molecule has 0 aliphatic carbocycles. The van der Waals surface area contributed by atoms with Crippen molar-refractivity contribution in [3.05, 3.63) is 64.5 Å². The fourth-order valence-corrected chi connectivity index (χ4v) is 3.48. The molecule has 1 amide bonds. The minimum atomic E-state index is -0.717. The molecule has 2 heterocycles. The number of benzene rings is 2. The van der Waals surface area contributed by atoms with E-state index in [9.17, 15) is 9.59 Å². The van der Waals surface area contributed by atoms with E-state index < -0.39 is 11.5 Å². The molecular weight excluding hydrogens is 394 g/mol. The molecule has 0 fully saturated rings. The van der Waals surface area contributed by atoms with Crippen LogP contribution in [0.15, 0.2) is 57.7 Å². The number of anilines is 1. The van der Waals surface area contributed by atoms with Crippen LogP contribution in [0.2, 0.25) is 0 Å². The van der Waals surface area contributed by atoms with Crippen molar-refractivity contribution in [3.8, 4) is 22.1 Å². The van der Waals surface area contributed by atoms with Gasteiger partial charge < -0.3 is 13.9 Å². The van der Waals surface area contributed by atoms with Crippen molar-refractivity contribution in [2.45, 2.75) is 0 Å². The third-order valence-corrected chi connectivity index (χ3v) is 5.05. The van der Waals surface area contributed by atoms with Crippen LogP contribution in [-0.2, 0) is 0 Å². The zero-order chi connectivity index (χ0) is 20.4. The molecule has 4 rings (SSSR count). The molecule has 0 atom stereocenters. The van der Waals surface area contributed by atoms with E-state index in [1.165, 1.54) is 17.4 Å². The standard InChI is InChI=1S/C20H15N3O5S/c1-26-15-8-7-12(10-16(15)27-2)18-22-23-20(29-18)21-17(24)13-9-11-5-3-4-6-14(11)28-19(13)25/h3-10H,1-2H3,(H,21,23,24). The number of methoxy groups -OCH3 is 2. The molecule has 0 aliphatic rings. The average Bonchev–Trinajstić information content (AvgIpc) is 3.21. The molecule has 0 saturated heterocycles. The zero-order valence-electron chi connectivity index (χ0n) is 15.5. The summed E-state index contributed by atoms with van der Waals surface area (Å²) in [7, 11) is 3.10. The smallest absolute Gasteiger partial charge is 0.349 e. The fourth-order valence-electron chi connectivity index (χ4n) is 2.74. The molecule has 9 heteroatoms. The highest BCUT2D eigenvalue weighted by Gasteiger charge is 2.17. The Kier molecular flexibility index (Phi) is 4.96. The summed E-state index contributed by atoms with van der Waals surface area (Å²) in [5.74, 6) is 0.538. The topological polar surface area (TPSA) is 104 Å². The van der Waals surface area contributed by atoms with Crippen molar-refractivity contribution in [3.63, 3.8) is 0 Å². The quantitative estimate of drug-likeness (QED) is 0.503. The first-order chi connectivity index (χ1) is 14.1. The number of nitrogens with one attached hydrogen (secondary N) is 1. The van der Waals surface area contributed by atoms with Crippen molar-refractivity contribution in [1.29, 1.82) is 0 Å². The maximum Gasteiger partial charge on any atom is 0.349 e. The summed E-state index contributed by atoms with van der Waals surface area (Å²) in [6.07, 6.45) is 0. The van der Waals surface area contributed by atoms with Gasteiger partial charge in [-0.25, -0.2) is 4.79 Å². The lowest BCUT2D eigenvalue weighted by atomic mass is 10.2. The molecule has 2 aromatic carbocycles. The van der Waals surface area contributed by atoms with E-state index in [1.807, 2.05) is 6.07 Å². The van der Waals surface area contributed by atoms with E-state index in [2.05, 4.69) is 15.5 Å². The Labute approximate surface area is 168 Å². The molecule has 0 saturated carbocycles. The highest BCUT2D eigenvalue weighted by atomic mass is 32.1. The van der Waals surface area contributed by atoms with Gasteiger partial charge in [-0.3, -0.25) is 10.1 Å². The molecule has 29 heavy (non-hydrogen) atoms. The van der Waals surface area contributed by atoms with Gasteiger partial charge in [0.2, 0.25) is 5.13 Å². The summed E-state index contributed by atoms with van der Waals surface area (Å²) in [4.78, 5) is 24.7. The van der Waals surface area contributed by atoms with Crippen LogP contribution >= 0.6 is 11.3 Å². The number of hydrogen-bond acceptors (Lipinski definition) is 8. The highest BCUT2D eigenvalue weighted by Crippen LogP contribution is 2.34. The number of carbonyl (C=O) groups excluding carboxylic acids is 1. The van der Waals surface area contributed by atoms with Gasteiger partial charge >= 0.3 is 5.63 Å². The Hall–Kier alpha value is -3.72. The van der Waals surface area contributed by atoms with Gasteiger partial charge in [-0.1, -0.05) is 29.5 Å². The number of nitrogens with zero attached hydrogens (tertiary/aromatic N) is 2. The Balaban J connectivity index is 1.59. The van der Waals surface area contributed by atoms with Crippen molar-refractivity contribution in [2.75, 3.05) is 19.5 Å². The first kappa shape index (κ1) is 18.6. The second-order valence-corrected chi connectivity index (χ2v) is 6.90. The van der Waals surface area contributed by atoms with E-state index in [0.29, 0.717) is 27.5 Å². The summed E-state index contributed by atoms with van der Waals surface area (Å²) in [6, 6.07) is 13.8. The number of rotatable bonds is 5. The Morgan fingerprint density at radius 3 is 2.62 bits per heavy atom. The van der Waals surface area contributed by atoms with Crippen LogP contribution in [0.5, 0.6) is 11.5 Å². The third kappa shape index (κ3) is 3.67. The molecule has 0 spiro atoms. The number of ether oxygens (including phenoxy) is 2.